The van der Waals surface area contributed by atoms with Crippen LogP contribution in [-0.4, -0.2) is 25.2 Å². The Morgan fingerprint density at radius 2 is 2.06 bits per heavy atom. The number of halogens is 1. The van der Waals surface area contributed by atoms with E-state index >= 15 is 0 Å². The van der Waals surface area contributed by atoms with Gasteiger partial charge in [0.1, 0.15) is 12.3 Å². The van der Waals surface area contributed by atoms with Gasteiger partial charge >= 0.3 is 6.03 Å². The molecule has 0 spiro atoms. The SMILES string of the molecule is C#CCOc1c(CC=C)cc(C=C2NC(=O)N(c3cccc(Cl)c3)C2=O)cc1OCC. The molecule has 1 fully saturated rings. The summed E-state index contributed by atoms with van der Waals surface area (Å²) in [6.07, 6.45) is 9.15. The number of amides is 3. The van der Waals surface area contributed by atoms with Crippen LogP contribution >= 0.6 is 11.6 Å². The quantitative estimate of drug-likeness (QED) is 0.285. The molecular formula is C24H21ClN2O4. The highest BCUT2D eigenvalue weighted by Gasteiger charge is 2.35. The number of carbonyl (C=O) groups is 2. The van der Waals surface area contributed by atoms with E-state index in [1.54, 1.807) is 42.5 Å². The van der Waals surface area contributed by atoms with Gasteiger partial charge < -0.3 is 14.8 Å². The number of rotatable bonds is 8. The molecule has 1 N–H and O–H groups in total. The number of nitrogens with zero attached hydrogens (tertiary/aromatic N) is 1. The van der Waals surface area contributed by atoms with Crippen molar-refractivity contribution in [2.24, 2.45) is 0 Å². The van der Waals surface area contributed by atoms with Gasteiger partial charge in [-0.05, 0) is 55.3 Å². The molecule has 0 atom stereocenters. The van der Waals surface area contributed by atoms with Crippen LogP contribution in [-0.2, 0) is 11.2 Å². The molecule has 0 aromatic heterocycles. The van der Waals surface area contributed by atoms with Gasteiger partial charge in [-0.3, -0.25) is 4.79 Å². The predicted molar refractivity (Wildman–Crippen MR) is 121 cm³/mol. The number of ether oxygens (including phenoxy) is 2. The van der Waals surface area contributed by atoms with Crippen LogP contribution in [0.25, 0.3) is 6.08 Å². The van der Waals surface area contributed by atoms with E-state index in [9.17, 15) is 9.59 Å². The van der Waals surface area contributed by atoms with E-state index in [-0.39, 0.29) is 12.3 Å². The topological polar surface area (TPSA) is 67.9 Å². The number of anilines is 1. The first-order chi connectivity index (χ1) is 15.0. The molecule has 1 heterocycles. The molecule has 3 rings (SSSR count). The third-order valence-electron chi connectivity index (χ3n) is 4.37. The number of terminal acetylenes is 1. The van der Waals surface area contributed by atoms with Crippen LogP contribution in [0.5, 0.6) is 11.5 Å². The van der Waals surface area contributed by atoms with Crippen molar-refractivity contribution in [2.75, 3.05) is 18.1 Å². The van der Waals surface area contributed by atoms with Gasteiger partial charge in [-0.2, -0.15) is 0 Å². The first-order valence-electron chi connectivity index (χ1n) is 9.58. The Morgan fingerprint density at radius 1 is 1.26 bits per heavy atom. The van der Waals surface area contributed by atoms with E-state index in [1.165, 1.54) is 0 Å². The van der Waals surface area contributed by atoms with Crippen molar-refractivity contribution in [3.63, 3.8) is 0 Å². The van der Waals surface area contributed by atoms with Crippen molar-refractivity contribution in [1.29, 1.82) is 0 Å². The summed E-state index contributed by atoms with van der Waals surface area (Å²) in [5, 5.41) is 3.03. The van der Waals surface area contributed by atoms with E-state index in [0.717, 1.165) is 10.5 Å². The van der Waals surface area contributed by atoms with Gasteiger partial charge in [0.2, 0.25) is 0 Å². The Labute approximate surface area is 186 Å². The number of nitrogens with one attached hydrogen (secondary N) is 1. The summed E-state index contributed by atoms with van der Waals surface area (Å²) in [6.45, 7) is 6.14. The Kier molecular flexibility index (Phi) is 7.01. The zero-order valence-electron chi connectivity index (χ0n) is 17.0. The van der Waals surface area contributed by atoms with Gasteiger partial charge in [0.25, 0.3) is 5.91 Å². The fraction of sp³-hybridized carbons (Fsp3) is 0.167. The summed E-state index contributed by atoms with van der Waals surface area (Å²) in [5.41, 5.74) is 1.98. The minimum atomic E-state index is -0.552. The maximum Gasteiger partial charge on any atom is 0.333 e. The fourth-order valence-corrected chi connectivity index (χ4v) is 3.35. The van der Waals surface area contributed by atoms with Crippen molar-refractivity contribution in [3.8, 4) is 23.8 Å². The maximum absolute atomic E-state index is 12.9. The summed E-state index contributed by atoms with van der Waals surface area (Å²) in [7, 11) is 0. The Morgan fingerprint density at radius 3 is 2.74 bits per heavy atom. The lowest BCUT2D eigenvalue weighted by atomic mass is 10.0. The van der Waals surface area contributed by atoms with Crippen LogP contribution in [0.3, 0.4) is 0 Å². The minimum Gasteiger partial charge on any atom is -0.490 e. The van der Waals surface area contributed by atoms with E-state index in [0.29, 0.717) is 40.8 Å². The number of carbonyl (C=O) groups excluding carboxylic acids is 2. The zero-order chi connectivity index (χ0) is 22.4. The van der Waals surface area contributed by atoms with Gasteiger partial charge in [-0.15, -0.1) is 13.0 Å². The molecule has 7 heteroatoms. The lowest BCUT2D eigenvalue weighted by molar-refractivity contribution is -0.113. The molecule has 1 saturated heterocycles. The van der Waals surface area contributed by atoms with E-state index in [4.69, 9.17) is 27.5 Å². The summed E-state index contributed by atoms with van der Waals surface area (Å²) in [6, 6.07) is 9.55. The lowest BCUT2D eigenvalue weighted by Crippen LogP contribution is -2.30. The highest BCUT2D eigenvalue weighted by molar-refractivity contribution is 6.32. The zero-order valence-corrected chi connectivity index (χ0v) is 17.7. The first-order valence-corrected chi connectivity index (χ1v) is 9.95. The molecule has 2 aromatic rings. The normalized spacial score (nSPS) is 14.4. The number of hydrogen-bond donors (Lipinski definition) is 1. The number of allylic oxidation sites excluding steroid dienone is 1. The molecule has 1 aliphatic heterocycles. The molecule has 0 aliphatic carbocycles. The second-order valence-electron chi connectivity index (χ2n) is 6.53. The van der Waals surface area contributed by atoms with E-state index in [2.05, 4.69) is 17.8 Å². The second-order valence-corrected chi connectivity index (χ2v) is 6.97. The van der Waals surface area contributed by atoms with Crippen molar-refractivity contribution >= 4 is 35.3 Å². The van der Waals surface area contributed by atoms with Gasteiger partial charge in [0.05, 0.1) is 12.3 Å². The van der Waals surface area contributed by atoms with Crippen molar-refractivity contribution in [3.05, 3.63) is 70.9 Å². The standard InChI is InChI=1S/C24H21ClN2O4/c1-4-8-17-12-16(14-21(30-6-3)22(17)31-11-5-2)13-20-23(28)27(24(29)26-20)19-10-7-9-18(25)15-19/h2,4,7,9-10,12-15H,1,6,8,11H2,3H3,(H,26,29). The molecule has 6 nitrogen and oxygen atoms in total. The first kappa shape index (κ1) is 22.0. The maximum atomic E-state index is 12.9. The summed E-state index contributed by atoms with van der Waals surface area (Å²) < 4.78 is 11.4. The Hall–Kier alpha value is -3.69. The number of benzene rings is 2. The van der Waals surface area contributed by atoms with Gasteiger partial charge in [-0.1, -0.05) is 29.7 Å². The van der Waals surface area contributed by atoms with Crippen molar-refractivity contribution in [2.45, 2.75) is 13.3 Å². The fourth-order valence-electron chi connectivity index (χ4n) is 3.17. The van der Waals surface area contributed by atoms with E-state index < -0.39 is 11.9 Å². The van der Waals surface area contributed by atoms with Crippen LogP contribution < -0.4 is 19.7 Å². The number of hydrogen-bond acceptors (Lipinski definition) is 4. The lowest BCUT2D eigenvalue weighted by Gasteiger charge is -2.15. The Bertz CT molecular complexity index is 1100. The molecule has 0 bridgehead atoms. The molecule has 0 unspecified atom stereocenters. The predicted octanol–water partition coefficient (Wildman–Crippen LogP) is 4.58. The van der Waals surface area contributed by atoms with Gasteiger partial charge in [0, 0.05) is 10.6 Å². The number of urea groups is 1. The monoisotopic (exact) mass is 436 g/mol. The summed E-state index contributed by atoms with van der Waals surface area (Å²) >= 11 is 6.00. The molecule has 31 heavy (non-hydrogen) atoms. The highest BCUT2D eigenvalue weighted by Crippen LogP contribution is 2.35. The summed E-state index contributed by atoms with van der Waals surface area (Å²) in [4.78, 5) is 26.4. The van der Waals surface area contributed by atoms with Crippen LogP contribution in [0.4, 0.5) is 10.5 Å². The molecule has 0 saturated carbocycles. The summed E-state index contributed by atoms with van der Waals surface area (Å²) in [5.74, 6) is 2.98. The van der Waals surface area contributed by atoms with Gasteiger partial charge in [-0.25, -0.2) is 9.69 Å². The van der Waals surface area contributed by atoms with E-state index in [1.807, 2.05) is 13.0 Å². The average Bonchev–Trinajstić information content (AvgIpc) is 3.01. The third kappa shape index (κ3) is 4.90. The van der Waals surface area contributed by atoms with Crippen LogP contribution in [0.1, 0.15) is 18.1 Å². The second kappa shape index (κ2) is 9.88. The molecular weight excluding hydrogens is 416 g/mol. The van der Waals surface area contributed by atoms with Crippen molar-refractivity contribution in [1.82, 2.24) is 5.32 Å². The molecule has 158 valence electrons. The largest absolute Gasteiger partial charge is 0.490 e. The molecule has 1 aliphatic rings. The smallest absolute Gasteiger partial charge is 0.333 e. The molecule has 3 amide bonds. The van der Waals surface area contributed by atoms with Crippen molar-refractivity contribution < 1.29 is 19.1 Å². The average molecular weight is 437 g/mol. The third-order valence-corrected chi connectivity index (χ3v) is 4.61. The van der Waals surface area contributed by atoms with Gasteiger partial charge in [0.15, 0.2) is 11.5 Å². The van der Waals surface area contributed by atoms with Crippen LogP contribution in [0.2, 0.25) is 5.02 Å². The Balaban J connectivity index is 2.00. The molecule has 0 radical (unpaired) electrons. The van der Waals surface area contributed by atoms with Crippen LogP contribution in [0.15, 0.2) is 54.8 Å². The molecule has 2 aromatic carbocycles. The van der Waals surface area contributed by atoms with Crippen LogP contribution in [0, 0.1) is 12.3 Å². The highest BCUT2D eigenvalue weighted by atomic mass is 35.5. The minimum absolute atomic E-state index is 0.0911. The number of imide groups is 1.